The van der Waals surface area contributed by atoms with Crippen LogP contribution in [0.5, 0.6) is 0 Å². The summed E-state index contributed by atoms with van der Waals surface area (Å²) in [5, 5.41) is 0. The van der Waals surface area contributed by atoms with Crippen molar-refractivity contribution in [3.05, 3.63) is 34.3 Å². The summed E-state index contributed by atoms with van der Waals surface area (Å²) in [6.07, 6.45) is 0.345. The van der Waals surface area contributed by atoms with Crippen LogP contribution in [0.4, 0.5) is 0 Å². The number of halogens is 1. The molecule has 0 saturated carbocycles. The predicted octanol–water partition coefficient (Wildman–Crippen LogP) is 2.26. The number of hydrogen-bond donors (Lipinski definition) is 2. The zero-order valence-corrected chi connectivity index (χ0v) is 10.2. The molecule has 0 fully saturated rings. The summed E-state index contributed by atoms with van der Waals surface area (Å²) in [6.45, 7) is 0. The second-order valence-corrected chi connectivity index (χ2v) is 5.78. The fourth-order valence-corrected chi connectivity index (χ4v) is 2.43. The predicted molar refractivity (Wildman–Crippen MR) is 59.6 cm³/mol. The maximum atomic E-state index is 11.1. The number of aldehydes is 1. The van der Waals surface area contributed by atoms with Gasteiger partial charge in [-0.2, -0.15) is 0 Å². The lowest BCUT2D eigenvalue weighted by Crippen LogP contribution is -2.00. The highest BCUT2D eigenvalue weighted by molar-refractivity contribution is 9.10. The average molecular weight is 293 g/mol. The van der Waals surface area contributed by atoms with Gasteiger partial charge in [0.1, 0.15) is 6.29 Å². The number of benzene rings is 1. The van der Waals surface area contributed by atoms with Crippen molar-refractivity contribution in [3.8, 4) is 0 Å². The Bertz CT molecular complexity index is 384. The molecule has 1 unspecified atom stereocenters. The molecule has 0 aliphatic carbocycles. The van der Waals surface area contributed by atoms with E-state index in [1.165, 1.54) is 0 Å². The van der Waals surface area contributed by atoms with E-state index in [-0.39, 0.29) is 6.42 Å². The first kappa shape index (κ1) is 12.6. The molecule has 82 valence electrons. The molecular weight excluding hydrogens is 283 g/mol. The van der Waals surface area contributed by atoms with Crippen molar-refractivity contribution in [3.63, 3.8) is 0 Å². The van der Waals surface area contributed by atoms with Gasteiger partial charge >= 0.3 is 7.60 Å². The Morgan fingerprint density at radius 3 is 2.27 bits per heavy atom. The molecule has 0 bridgehead atoms. The lowest BCUT2D eigenvalue weighted by atomic mass is 10.1. The Morgan fingerprint density at radius 2 is 1.87 bits per heavy atom. The molecule has 4 nitrogen and oxygen atoms in total. The molecule has 0 amide bonds. The van der Waals surface area contributed by atoms with Crippen LogP contribution in [0.25, 0.3) is 0 Å². The van der Waals surface area contributed by atoms with Crippen LogP contribution in [0, 0.1) is 0 Å². The average Bonchev–Trinajstić information content (AvgIpc) is 2.14. The van der Waals surface area contributed by atoms with E-state index in [9.17, 15) is 9.36 Å². The standard InChI is InChI=1S/C9H10BrO4P/c10-8-3-1-7(2-4-8)9(5-6-11)15(12,13)14/h1-4,6,9H,5H2,(H2,12,13,14). The van der Waals surface area contributed by atoms with E-state index in [1.54, 1.807) is 24.3 Å². The summed E-state index contributed by atoms with van der Waals surface area (Å²) in [6, 6.07) is 6.56. The first-order valence-electron chi connectivity index (χ1n) is 4.19. The number of hydrogen-bond acceptors (Lipinski definition) is 2. The second-order valence-electron chi connectivity index (χ2n) is 3.06. The van der Waals surface area contributed by atoms with Crippen molar-refractivity contribution in [2.45, 2.75) is 12.1 Å². The van der Waals surface area contributed by atoms with Crippen molar-refractivity contribution < 1.29 is 19.1 Å². The summed E-state index contributed by atoms with van der Waals surface area (Å²) < 4.78 is 12.0. The van der Waals surface area contributed by atoms with E-state index in [0.29, 0.717) is 11.8 Å². The van der Waals surface area contributed by atoms with Gasteiger partial charge < -0.3 is 14.6 Å². The highest BCUT2D eigenvalue weighted by atomic mass is 79.9. The van der Waals surface area contributed by atoms with E-state index < -0.39 is 13.3 Å². The van der Waals surface area contributed by atoms with Crippen LogP contribution in [0.2, 0.25) is 0 Å². The summed E-state index contributed by atoms with van der Waals surface area (Å²) in [5.74, 6) is 0. The van der Waals surface area contributed by atoms with E-state index in [1.807, 2.05) is 0 Å². The van der Waals surface area contributed by atoms with Gasteiger partial charge in [0.2, 0.25) is 0 Å². The molecule has 0 heterocycles. The van der Waals surface area contributed by atoms with Gasteiger partial charge in [-0.3, -0.25) is 4.57 Å². The van der Waals surface area contributed by atoms with E-state index in [0.717, 1.165) is 4.47 Å². The Labute approximate surface area is 95.6 Å². The molecule has 0 saturated heterocycles. The Balaban J connectivity index is 3.04. The van der Waals surface area contributed by atoms with Crippen LogP contribution in [-0.4, -0.2) is 16.1 Å². The lowest BCUT2D eigenvalue weighted by molar-refractivity contribution is -0.108. The minimum atomic E-state index is -4.28. The Kier molecular flexibility index (Phi) is 4.22. The first-order valence-corrected chi connectivity index (χ1v) is 6.67. The lowest BCUT2D eigenvalue weighted by Gasteiger charge is -2.16. The van der Waals surface area contributed by atoms with Crippen LogP contribution in [-0.2, 0) is 9.36 Å². The summed E-state index contributed by atoms with van der Waals surface area (Å²) in [5.41, 5.74) is -0.568. The van der Waals surface area contributed by atoms with Gasteiger partial charge in [-0.15, -0.1) is 0 Å². The molecule has 0 aliphatic heterocycles. The molecule has 0 spiro atoms. The largest absolute Gasteiger partial charge is 0.333 e. The Hall–Kier alpha value is -0.480. The summed E-state index contributed by atoms with van der Waals surface area (Å²) in [7, 11) is -4.28. The maximum Gasteiger partial charge on any atom is 0.333 e. The van der Waals surface area contributed by atoms with Crippen molar-refractivity contribution in [2.24, 2.45) is 0 Å². The molecule has 1 rings (SSSR count). The molecule has 1 atom stereocenters. The zero-order chi connectivity index (χ0) is 11.5. The third-order valence-corrected chi connectivity index (χ3v) is 3.83. The number of rotatable bonds is 4. The third kappa shape index (κ3) is 3.54. The van der Waals surface area contributed by atoms with Crippen LogP contribution >= 0.6 is 23.5 Å². The molecular formula is C9H10BrO4P. The summed E-state index contributed by atoms with van der Waals surface area (Å²) in [4.78, 5) is 28.5. The molecule has 0 aliphatic rings. The molecule has 1 aromatic carbocycles. The number of carbonyl (C=O) groups is 1. The monoisotopic (exact) mass is 292 g/mol. The molecule has 6 heteroatoms. The fraction of sp³-hybridized carbons (Fsp3) is 0.222. The highest BCUT2D eigenvalue weighted by Crippen LogP contribution is 2.53. The topological polar surface area (TPSA) is 74.6 Å². The van der Waals surface area contributed by atoms with E-state index in [2.05, 4.69) is 15.9 Å². The van der Waals surface area contributed by atoms with Crippen molar-refractivity contribution in [1.82, 2.24) is 0 Å². The van der Waals surface area contributed by atoms with Crippen molar-refractivity contribution in [1.29, 1.82) is 0 Å². The van der Waals surface area contributed by atoms with Gasteiger partial charge in [0.25, 0.3) is 0 Å². The Morgan fingerprint density at radius 1 is 1.33 bits per heavy atom. The zero-order valence-electron chi connectivity index (χ0n) is 7.71. The van der Waals surface area contributed by atoms with Crippen LogP contribution < -0.4 is 0 Å². The van der Waals surface area contributed by atoms with Crippen LogP contribution in [0.1, 0.15) is 17.6 Å². The molecule has 0 aromatic heterocycles. The van der Waals surface area contributed by atoms with Crippen molar-refractivity contribution >= 4 is 29.8 Å². The fourth-order valence-electron chi connectivity index (χ4n) is 1.24. The van der Waals surface area contributed by atoms with Gasteiger partial charge in [-0.1, -0.05) is 28.1 Å². The molecule has 0 radical (unpaired) electrons. The van der Waals surface area contributed by atoms with Gasteiger partial charge in [0.15, 0.2) is 0 Å². The van der Waals surface area contributed by atoms with Crippen molar-refractivity contribution in [2.75, 3.05) is 0 Å². The van der Waals surface area contributed by atoms with Gasteiger partial charge in [-0.25, -0.2) is 0 Å². The quantitative estimate of drug-likeness (QED) is 0.659. The van der Waals surface area contributed by atoms with Gasteiger partial charge in [0, 0.05) is 10.9 Å². The normalized spacial score (nSPS) is 13.5. The summed E-state index contributed by atoms with van der Waals surface area (Å²) >= 11 is 3.22. The van der Waals surface area contributed by atoms with E-state index in [4.69, 9.17) is 9.79 Å². The van der Waals surface area contributed by atoms with Crippen LogP contribution in [0.3, 0.4) is 0 Å². The minimum absolute atomic E-state index is 0.175. The third-order valence-electron chi connectivity index (χ3n) is 1.98. The molecule has 15 heavy (non-hydrogen) atoms. The SMILES string of the molecule is O=CCC(c1ccc(Br)cc1)P(=O)(O)O. The minimum Gasteiger partial charge on any atom is -0.324 e. The van der Waals surface area contributed by atoms with Gasteiger partial charge in [0.05, 0.1) is 5.66 Å². The first-order chi connectivity index (χ1) is 6.95. The van der Waals surface area contributed by atoms with Crippen LogP contribution in [0.15, 0.2) is 28.7 Å². The van der Waals surface area contributed by atoms with Gasteiger partial charge in [-0.05, 0) is 17.7 Å². The molecule has 2 N–H and O–H groups in total. The number of carbonyl (C=O) groups excluding carboxylic acids is 1. The molecule has 1 aromatic rings. The second kappa shape index (κ2) is 5.03. The highest BCUT2D eigenvalue weighted by Gasteiger charge is 2.29. The maximum absolute atomic E-state index is 11.1. The van der Waals surface area contributed by atoms with E-state index >= 15 is 0 Å². The smallest absolute Gasteiger partial charge is 0.324 e.